The van der Waals surface area contributed by atoms with Gasteiger partial charge in [-0.2, -0.15) is 0 Å². The second-order valence-electron chi connectivity index (χ2n) is 8.39. The molecule has 2 heterocycles. The summed E-state index contributed by atoms with van der Waals surface area (Å²) in [4.78, 5) is 56.0. The monoisotopic (exact) mass is 450 g/mol. The van der Waals surface area contributed by atoms with Crippen LogP contribution in [0.4, 0.5) is 0 Å². The van der Waals surface area contributed by atoms with Crippen LogP contribution in [-0.4, -0.2) is 52.5 Å². The first-order valence-corrected chi connectivity index (χ1v) is 11.2. The minimum atomic E-state index is -0.803. The molecule has 1 aromatic carbocycles. The lowest BCUT2D eigenvalue weighted by atomic mass is 10.00. The summed E-state index contributed by atoms with van der Waals surface area (Å²) < 4.78 is 0. The van der Waals surface area contributed by atoms with Gasteiger partial charge in [-0.1, -0.05) is 31.2 Å². The molecule has 0 saturated carbocycles. The predicted octanol–water partition coefficient (Wildman–Crippen LogP) is 1.87. The Bertz CT molecular complexity index is 1010. The smallest absolute Gasteiger partial charge is 0.234 e. The number of hydrogen-bond donors (Lipinski definition) is 2. The SMILES string of the molecule is CC(CCC(=O)N(C(=O)Cc1cccc(-c2ccccn2)c1)[C@H]1CCCNCC1=O)C(N)=O. The molecule has 1 aromatic heterocycles. The molecule has 1 fully saturated rings. The number of pyridine rings is 1. The van der Waals surface area contributed by atoms with Gasteiger partial charge in [-0.3, -0.25) is 29.1 Å². The highest BCUT2D eigenvalue weighted by Crippen LogP contribution is 2.21. The maximum absolute atomic E-state index is 13.4. The van der Waals surface area contributed by atoms with E-state index >= 15 is 0 Å². The topological polar surface area (TPSA) is 122 Å². The largest absolute Gasteiger partial charge is 0.369 e. The average molecular weight is 451 g/mol. The van der Waals surface area contributed by atoms with Gasteiger partial charge in [-0.05, 0) is 49.6 Å². The van der Waals surface area contributed by atoms with Gasteiger partial charge in [0.1, 0.15) is 0 Å². The number of Topliss-reactive ketones (excluding diaryl/α,β-unsaturated/α-hetero) is 1. The molecule has 0 spiro atoms. The number of carbonyl (C=O) groups excluding carboxylic acids is 4. The van der Waals surface area contributed by atoms with Gasteiger partial charge in [0.15, 0.2) is 5.78 Å². The van der Waals surface area contributed by atoms with Crippen molar-refractivity contribution >= 4 is 23.5 Å². The van der Waals surface area contributed by atoms with Crippen LogP contribution < -0.4 is 11.1 Å². The molecule has 3 amide bonds. The number of amides is 3. The summed E-state index contributed by atoms with van der Waals surface area (Å²) in [5.74, 6) is -2.05. The number of ketones is 1. The van der Waals surface area contributed by atoms with Gasteiger partial charge >= 0.3 is 0 Å². The third kappa shape index (κ3) is 6.55. The molecule has 2 atom stereocenters. The van der Waals surface area contributed by atoms with Crippen LogP contribution in [0.2, 0.25) is 0 Å². The van der Waals surface area contributed by atoms with E-state index in [1.807, 2.05) is 42.5 Å². The summed E-state index contributed by atoms with van der Waals surface area (Å²) in [6, 6.07) is 12.2. The number of carbonyl (C=O) groups is 4. The van der Waals surface area contributed by atoms with E-state index in [1.54, 1.807) is 13.1 Å². The van der Waals surface area contributed by atoms with Crippen molar-refractivity contribution in [2.24, 2.45) is 11.7 Å². The molecule has 2 aromatic rings. The van der Waals surface area contributed by atoms with Crippen LogP contribution >= 0.6 is 0 Å². The lowest BCUT2D eigenvalue weighted by Gasteiger charge is -2.29. The second kappa shape index (κ2) is 11.5. The minimum Gasteiger partial charge on any atom is -0.369 e. The Morgan fingerprint density at radius 2 is 2.00 bits per heavy atom. The molecule has 3 rings (SSSR count). The fourth-order valence-corrected chi connectivity index (χ4v) is 3.91. The lowest BCUT2D eigenvalue weighted by molar-refractivity contribution is -0.151. The number of hydrogen-bond acceptors (Lipinski definition) is 6. The molecular weight excluding hydrogens is 420 g/mol. The lowest BCUT2D eigenvalue weighted by Crippen LogP contribution is -2.50. The Kier molecular flexibility index (Phi) is 8.43. The Hall–Kier alpha value is -3.39. The van der Waals surface area contributed by atoms with Gasteiger partial charge in [0.25, 0.3) is 0 Å². The first-order chi connectivity index (χ1) is 15.9. The third-order valence-electron chi connectivity index (χ3n) is 5.87. The van der Waals surface area contributed by atoms with E-state index in [2.05, 4.69) is 10.3 Å². The summed E-state index contributed by atoms with van der Waals surface area (Å²) in [6.45, 7) is 2.42. The molecule has 8 nitrogen and oxygen atoms in total. The van der Waals surface area contributed by atoms with E-state index in [0.29, 0.717) is 19.4 Å². The van der Waals surface area contributed by atoms with Crippen molar-refractivity contribution in [3.05, 3.63) is 54.2 Å². The first-order valence-electron chi connectivity index (χ1n) is 11.2. The summed E-state index contributed by atoms with van der Waals surface area (Å²) in [5, 5.41) is 3.03. The summed E-state index contributed by atoms with van der Waals surface area (Å²) in [6.07, 6.45) is 2.98. The standard InChI is InChI=1S/C25H30N4O4/c1-17(25(26)33)10-11-23(31)29(21-9-5-12-27-16-22(21)30)24(32)15-18-6-4-7-19(14-18)20-8-2-3-13-28-20/h2-4,6-8,13-14,17,21,27H,5,9-12,15-16H2,1H3,(H2,26,33)/t17?,21-/m0/s1. The first kappa shape index (κ1) is 24.3. The van der Waals surface area contributed by atoms with Crippen molar-refractivity contribution in [1.29, 1.82) is 0 Å². The maximum Gasteiger partial charge on any atom is 0.234 e. The van der Waals surface area contributed by atoms with Gasteiger partial charge in [0, 0.05) is 24.1 Å². The van der Waals surface area contributed by atoms with Crippen molar-refractivity contribution in [3.63, 3.8) is 0 Å². The Morgan fingerprint density at radius 3 is 2.73 bits per heavy atom. The van der Waals surface area contributed by atoms with E-state index < -0.39 is 29.7 Å². The number of nitrogens with one attached hydrogen (secondary N) is 1. The number of nitrogens with zero attached hydrogens (tertiary/aromatic N) is 2. The molecule has 0 aliphatic carbocycles. The highest BCUT2D eigenvalue weighted by molar-refractivity contribution is 6.02. The number of imide groups is 1. The molecule has 3 N–H and O–H groups in total. The van der Waals surface area contributed by atoms with Crippen molar-refractivity contribution in [2.45, 2.75) is 45.1 Å². The number of benzene rings is 1. The zero-order chi connectivity index (χ0) is 23.8. The fourth-order valence-electron chi connectivity index (χ4n) is 3.91. The van der Waals surface area contributed by atoms with Crippen LogP contribution in [0.1, 0.15) is 38.2 Å². The molecule has 0 radical (unpaired) electrons. The van der Waals surface area contributed by atoms with E-state index in [9.17, 15) is 19.2 Å². The quantitative estimate of drug-likeness (QED) is 0.633. The van der Waals surface area contributed by atoms with Crippen LogP contribution in [0, 0.1) is 5.92 Å². The molecule has 1 unspecified atom stereocenters. The Labute approximate surface area is 193 Å². The molecule has 0 bridgehead atoms. The van der Waals surface area contributed by atoms with Crippen molar-refractivity contribution in [1.82, 2.24) is 15.2 Å². The van der Waals surface area contributed by atoms with Crippen LogP contribution in [0.15, 0.2) is 48.7 Å². The third-order valence-corrected chi connectivity index (χ3v) is 5.87. The van der Waals surface area contributed by atoms with E-state index in [4.69, 9.17) is 5.73 Å². The second-order valence-corrected chi connectivity index (χ2v) is 8.39. The van der Waals surface area contributed by atoms with Gasteiger partial charge in [-0.25, -0.2) is 0 Å². The molecule has 1 saturated heterocycles. The van der Waals surface area contributed by atoms with E-state index in [-0.39, 0.29) is 31.6 Å². The highest BCUT2D eigenvalue weighted by atomic mass is 16.2. The average Bonchev–Trinajstić information content (AvgIpc) is 3.02. The Morgan fingerprint density at radius 1 is 1.18 bits per heavy atom. The van der Waals surface area contributed by atoms with Crippen LogP contribution in [0.5, 0.6) is 0 Å². The van der Waals surface area contributed by atoms with Crippen molar-refractivity contribution in [2.75, 3.05) is 13.1 Å². The zero-order valence-electron chi connectivity index (χ0n) is 18.8. The van der Waals surface area contributed by atoms with Gasteiger partial charge in [0.05, 0.1) is 24.7 Å². The van der Waals surface area contributed by atoms with Gasteiger partial charge < -0.3 is 11.1 Å². The summed E-state index contributed by atoms with van der Waals surface area (Å²) in [7, 11) is 0. The molecule has 1 aliphatic heterocycles. The maximum atomic E-state index is 13.4. The Balaban J connectivity index is 1.82. The van der Waals surface area contributed by atoms with E-state index in [1.165, 1.54) is 0 Å². The van der Waals surface area contributed by atoms with Gasteiger partial charge in [0.2, 0.25) is 17.7 Å². The van der Waals surface area contributed by atoms with Crippen molar-refractivity contribution in [3.8, 4) is 11.3 Å². The summed E-state index contributed by atoms with van der Waals surface area (Å²) in [5.41, 5.74) is 7.68. The molecule has 8 heteroatoms. The van der Waals surface area contributed by atoms with Crippen LogP contribution in [0.25, 0.3) is 11.3 Å². The molecule has 174 valence electrons. The molecule has 33 heavy (non-hydrogen) atoms. The van der Waals surface area contributed by atoms with E-state index in [0.717, 1.165) is 21.7 Å². The normalized spacial score (nSPS) is 17.1. The molecular formula is C25H30N4O4. The fraction of sp³-hybridized carbons (Fsp3) is 0.400. The number of primary amides is 1. The predicted molar refractivity (Wildman–Crippen MR) is 124 cm³/mol. The number of nitrogens with two attached hydrogens (primary N) is 1. The minimum absolute atomic E-state index is 0.0189. The van der Waals surface area contributed by atoms with Crippen molar-refractivity contribution < 1.29 is 19.2 Å². The summed E-state index contributed by atoms with van der Waals surface area (Å²) >= 11 is 0. The number of aromatic nitrogens is 1. The molecule has 1 aliphatic rings. The highest BCUT2D eigenvalue weighted by Gasteiger charge is 2.35. The van der Waals surface area contributed by atoms with Crippen LogP contribution in [-0.2, 0) is 25.6 Å². The zero-order valence-corrected chi connectivity index (χ0v) is 18.8. The van der Waals surface area contributed by atoms with Gasteiger partial charge in [-0.15, -0.1) is 0 Å². The number of rotatable bonds is 8. The van der Waals surface area contributed by atoms with Crippen LogP contribution in [0.3, 0.4) is 0 Å².